The summed E-state index contributed by atoms with van der Waals surface area (Å²) in [7, 11) is 0. The van der Waals surface area contributed by atoms with Crippen LogP contribution < -0.4 is 4.74 Å². The molecule has 0 unspecified atom stereocenters. The van der Waals surface area contributed by atoms with Gasteiger partial charge in [-0.15, -0.1) is 0 Å². The zero-order chi connectivity index (χ0) is 17.4. The molecule has 0 amide bonds. The third-order valence-electron chi connectivity index (χ3n) is 3.98. The van der Waals surface area contributed by atoms with Gasteiger partial charge in [0.05, 0.1) is 23.5 Å². The van der Waals surface area contributed by atoms with Gasteiger partial charge in [-0.05, 0) is 43.7 Å². The number of ether oxygens (including phenoxy) is 1. The van der Waals surface area contributed by atoms with Crippen LogP contribution in [-0.4, -0.2) is 15.2 Å². The van der Waals surface area contributed by atoms with Crippen molar-refractivity contribution in [2.75, 3.05) is 0 Å². The van der Waals surface area contributed by atoms with Crippen molar-refractivity contribution >= 4 is 11.0 Å². The van der Waals surface area contributed by atoms with Crippen LogP contribution in [0.25, 0.3) is 22.1 Å². The van der Waals surface area contributed by atoms with E-state index in [1.807, 2.05) is 13.8 Å². The first-order chi connectivity index (χ1) is 12.1. The molecular weight excluding hydrogens is 321 g/mol. The average Bonchev–Trinajstić information content (AvgIpc) is 3.06. The van der Waals surface area contributed by atoms with Gasteiger partial charge in [-0.2, -0.15) is 10.2 Å². The second-order valence-corrected chi connectivity index (χ2v) is 5.68. The summed E-state index contributed by atoms with van der Waals surface area (Å²) in [5.74, 6) is 0.340. The number of aromatic nitrogens is 3. The fourth-order valence-electron chi connectivity index (χ4n) is 2.83. The van der Waals surface area contributed by atoms with Crippen molar-refractivity contribution in [3.63, 3.8) is 0 Å². The maximum absolute atomic E-state index is 14.7. The van der Waals surface area contributed by atoms with Gasteiger partial charge in [0, 0.05) is 23.4 Å². The van der Waals surface area contributed by atoms with E-state index < -0.39 is 5.82 Å². The first kappa shape index (κ1) is 15.3. The lowest BCUT2D eigenvalue weighted by Crippen LogP contribution is -1.97. The van der Waals surface area contributed by atoms with Crippen molar-refractivity contribution < 1.29 is 13.5 Å². The van der Waals surface area contributed by atoms with E-state index in [2.05, 4.69) is 15.2 Å². The quantitative estimate of drug-likeness (QED) is 0.536. The van der Waals surface area contributed by atoms with Crippen molar-refractivity contribution in [3.05, 3.63) is 66.1 Å². The van der Waals surface area contributed by atoms with Gasteiger partial charge in [0.1, 0.15) is 17.1 Å². The minimum absolute atomic E-state index is 0.361. The molecule has 0 aliphatic carbocycles. The average molecular weight is 335 g/mol. The number of hydrogen-bond donors (Lipinski definition) is 0. The minimum atomic E-state index is -0.393. The van der Waals surface area contributed by atoms with Crippen molar-refractivity contribution in [1.82, 2.24) is 15.2 Å². The summed E-state index contributed by atoms with van der Waals surface area (Å²) in [5, 5.41) is 8.62. The predicted molar refractivity (Wildman–Crippen MR) is 91.0 cm³/mol. The molecule has 0 fully saturated rings. The molecule has 5 nitrogen and oxygen atoms in total. The van der Waals surface area contributed by atoms with Crippen molar-refractivity contribution in [1.29, 1.82) is 0 Å². The molecule has 0 saturated heterocycles. The van der Waals surface area contributed by atoms with Crippen molar-refractivity contribution in [2.24, 2.45) is 0 Å². The van der Waals surface area contributed by atoms with Gasteiger partial charge in [-0.25, -0.2) is 9.37 Å². The molecule has 0 saturated carbocycles. The van der Waals surface area contributed by atoms with E-state index in [4.69, 9.17) is 9.15 Å². The van der Waals surface area contributed by atoms with Gasteiger partial charge in [0.2, 0.25) is 5.88 Å². The first-order valence-electron chi connectivity index (χ1n) is 7.72. The summed E-state index contributed by atoms with van der Waals surface area (Å²) >= 11 is 0. The van der Waals surface area contributed by atoms with E-state index >= 15 is 0 Å². The highest BCUT2D eigenvalue weighted by atomic mass is 19.1. The van der Waals surface area contributed by atoms with Crippen LogP contribution in [-0.2, 0) is 0 Å². The lowest BCUT2D eigenvalue weighted by molar-refractivity contribution is 0.464. The van der Waals surface area contributed by atoms with Gasteiger partial charge < -0.3 is 9.15 Å². The van der Waals surface area contributed by atoms with Crippen LogP contribution in [0, 0.1) is 19.7 Å². The lowest BCUT2D eigenvalue weighted by atomic mass is 10.00. The summed E-state index contributed by atoms with van der Waals surface area (Å²) < 4.78 is 25.7. The lowest BCUT2D eigenvalue weighted by Gasteiger charge is -2.11. The molecule has 3 aromatic heterocycles. The fourth-order valence-corrected chi connectivity index (χ4v) is 2.83. The van der Waals surface area contributed by atoms with Gasteiger partial charge >= 0.3 is 0 Å². The Kier molecular flexibility index (Phi) is 3.65. The Bertz CT molecular complexity index is 1060. The molecule has 0 N–H and O–H groups in total. The second-order valence-electron chi connectivity index (χ2n) is 5.68. The van der Waals surface area contributed by atoms with E-state index in [1.165, 1.54) is 6.07 Å². The van der Waals surface area contributed by atoms with Crippen LogP contribution in [0.5, 0.6) is 11.6 Å². The Labute approximate surface area is 143 Å². The monoisotopic (exact) mass is 335 g/mol. The molecule has 25 heavy (non-hydrogen) atoms. The standard InChI is InChI=1S/C19H14FN3O2/c1-11-10-22-23-12(2)18(11)14-4-3-13(9-16(14)20)25-19-15-6-8-24-17(15)5-7-21-19/h3-10H,1-2H3. The summed E-state index contributed by atoms with van der Waals surface area (Å²) in [5.41, 5.74) is 3.42. The largest absolute Gasteiger partial charge is 0.464 e. The predicted octanol–water partition coefficient (Wildman–Crippen LogP) is 4.83. The topological polar surface area (TPSA) is 61.0 Å². The molecule has 124 valence electrons. The third kappa shape index (κ3) is 2.71. The molecule has 0 aliphatic heterocycles. The molecule has 0 spiro atoms. The number of halogens is 1. The molecule has 3 heterocycles. The number of rotatable bonds is 3. The first-order valence-corrected chi connectivity index (χ1v) is 7.72. The van der Waals surface area contributed by atoms with Crippen LogP contribution in [0.15, 0.2) is 53.4 Å². The maximum atomic E-state index is 14.7. The molecule has 4 rings (SSSR count). The summed E-state index contributed by atoms with van der Waals surface area (Å²) in [6.45, 7) is 3.69. The van der Waals surface area contributed by atoms with E-state index in [-0.39, 0.29) is 0 Å². The molecule has 1 aromatic carbocycles. The molecular formula is C19H14FN3O2. The number of nitrogens with zero attached hydrogens (tertiary/aromatic N) is 3. The third-order valence-corrected chi connectivity index (χ3v) is 3.98. The zero-order valence-electron chi connectivity index (χ0n) is 13.7. The van der Waals surface area contributed by atoms with Crippen LogP contribution in [0.3, 0.4) is 0 Å². The molecule has 0 bridgehead atoms. The van der Waals surface area contributed by atoms with Gasteiger partial charge in [0.15, 0.2) is 0 Å². The highest BCUT2D eigenvalue weighted by Gasteiger charge is 2.14. The van der Waals surface area contributed by atoms with Gasteiger partial charge in [-0.3, -0.25) is 0 Å². The number of benzene rings is 1. The van der Waals surface area contributed by atoms with Crippen LogP contribution in [0.2, 0.25) is 0 Å². The molecule has 6 heteroatoms. The van der Waals surface area contributed by atoms with E-state index in [9.17, 15) is 4.39 Å². The Morgan fingerprint density at radius 3 is 2.80 bits per heavy atom. The van der Waals surface area contributed by atoms with Crippen LogP contribution in [0.1, 0.15) is 11.3 Å². The Morgan fingerprint density at radius 2 is 2.00 bits per heavy atom. The Balaban J connectivity index is 1.72. The van der Waals surface area contributed by atoms with E-state index in [0.717, 1.165) is 16.5 Å². The van der Waals surface area contributed by atoms with Gasteiger partial charge in [0.25, 0.3) is 0 Å². The molecule has 0 radical (unpaired) electrons. The maximum Gasteiger partial charge on any atom is 0.230 e. The van der Waals surface area contributed by atoms with E-state index in [1.54, 1.807) is 42.9 Å². The molecule has 0 aliphatic rings. The zero-order valence-corrected chi connectivity index (χ0v) is 13.7. The van der Waals surface area contributed by atoms with Crippen LogP contribution >= 0.6 is 0 Å². The summed E-state index contributed by atoms with van der Waals surface area (Å²) in [4.78, 5) is 4.19. The smallest absolute Gasteiger partial charge is 0.230 e. The van der Waals surface area contributed by atoms with Crippen molar-refractivity contribution in [3.8, 4) is 22.8 Å². The number of furan rings is 1. The fraction of sp³-hybridized carbons (Fsp3) is 0.105. The highest BCUT2D eigenvalue weighted by Crippen LogP contribution is 2.33. The van der Waals surface area contributed by atoms with Crippen molar-refractivity contribution in [2.45, 2.75) is 13.8 Å². The Morgan fingerprint density at radius 1 is 1.12 bits per heavy atom. The number of fused-ring (bicyclic) bond motifs is 1. The SMILES string of the molecule is Cc1cnnc(C)c1-c1ccc(Oc2nccc3occc23)cc1F. The molecule has 4 aromatic rings. The second kappa shape index (κ2) is 5.98. The van der Waals surface area contributed by atoms with E-state index in [0.29, 0.717) is 28.5 Å². The Hall–Kier alpha value is -3.28. The summed E-state index contributed by atoms with van der Waals surface area (Å²) in [6, 6.07) is 8.23. The number of aryl methyl sites for hydroxylation is 2. The minimum Gasteiger partial charge on any atom is -0.464 e. The normalized spacial score (nSPS) is 11.0. The van der Waals surface area contributed by atoms with Gasteiger partial charge in [-0.1, -0.05) is 0 Å². The number of hydrogen-bond acceptors (Lipinski definition) is 5. The summed E-state index contributed by atoms with van der Waals surface area (Å²) in [6.07, 6.45) is 4.77. The number of pyridine rings is 1. The van der Waals surface area contributed by atoms with Crippen LogP contribution in [0.4, 0.5) is 4.39 Å². The highest BCUT2D eigenvalue weighted by molar-refractivity contribution is 5.82. The molecule has 0 atom stereocenters.